The Kier molecular flexibility index (Phi) is 5.18. The van der Waals surface area contributed by atoms with E-state index in [-0.39, 0.29) is 16.5 Å². The average Bonchev–Trinajstić information content (AvgIpc) is 2.63. The Hall–Kier alpha value is -3.26. The van der Waals surface area contributed by atoms with Crippen LogP contribution in [0.15, 0.2) is 65.6 Å². The van der Waals surface area contributed by atoms with Gasteiger partial charge in [-0.15, -0.1) is 10.2 Å². The molecule has 0 spiro atoms. The predicted octanol–water partition coefficient (Wildman–Crippen LogP) is 3.53. The molecule has 0 atom stereocenters. The summed E-state index contributed by atoms with van der Waals surface area (Å²) < 4.78 is 27.2. The third kappa shape index (κ3) is 4.68. The molecule has 0 aliphatic carbocycles. The maximum atomic E-state index is 12.4. The lowest BCUT2D eigenvalue weighted by atomic mass is 10.1. The molecule has 27 heavy (non-hydrogen) atoms. The zero-order chi connectivity index (χ0) is 19.4. The molecule has 3 aromatic rings. The van der Waals surface area contributed by atoms with Gasteiger partial charge in [-0.05, 0) is 55.8 Å². The van der Waals surface area contributed by atoms with Gasteiger partial charge in [0.25, 0.3) is 10.0 Å². The fourth-order valence-corrected chi connectivity index (χ4v) is 3.50. The monoisotopic (exact) mass is 382 g/mol. The number of carbonyl (C=O) groups excluding carboxylic acids is 1. The van der Waals surface area contributed by atoms with Gasteiger partial charge in [-0.3, -0.25) is 9.52 Å². The smallest absolute Gasteiger partial charge is 0.263 e. The number of rotatable bonds is 6. The van der Waals surface area contributed by atoms with Crippen LogP contribution in [-0.4, -0.2) is 24.4 Å². The van der Waals surface area contributed by atoms with Crippen molar-refractivity contribution in [3.8, 4) is 0 Å². The number of nitrogens with one attached hydrogen (secondary N) is 2. The number of aryl methyl sites for hydroxylation is 1. The van der Waals surface area contributed by atoms with E-state index in [4.69, 9.17) is 0 Å². The van der Waals surface area contributed by atoms with Crippen LogP contribution >= 0.6 is 0 Å². The van der Waals surface area contributed by atoms with E-state index in [9.17, 15) is 13.2 Å². The number of benzene rings is 2. The van der Waals surface area contributed by atoms with Crippen molar-refractivity contribution in [2.24, 2.45) is 0 Å². The summed E-state index contributed by atoms with van der Waals surface area (Å²) in [6.07, 6.45) is 0. The average molecular weight is 382 g/mol. The second-order valence-electron chi connectivity index (χ2n) is 5.99. The van der Waals surface area contributed by atoms with Gasteiger partial charge in [0, 0.05) is 11.3 Å². The summed E-state index contributed by atoms with van der Waals surface area (Å²) in [4.78, 5) is 11.6. The van der Waals surface area contributed by atoms with Crippen LogP contribution < -0.4 is 10.0 Å². The van der Waals surface area contributed by atoms with E-state index in [2.05, 4.69) is 20.2 Å². The Morgan fingerprint density at radius 2 is 1.63 bits per heavy atom. The van der Waals surface area contributed by atoms with Crippen LogP contribution in [0.3, 0.4) is 0 Å². The second-order valence-corrected chi connectivity index (χ2v) is 7.67. The van der Waals surface area contributed by atoms with Gasteiger partial charge in [0.05, 0.1) is 4.90 Å². The van der Waals surface area contributed by atoms with Gasteiger partial charge in [-0.2, -0.15) is 0 Å². The van der Waals surface area contributed by atoms with Gasteiger partial charge in [0.15, 0.2) is 17.4 Å². The first-order chi connectivity index (χ1) is 12.8. The van der Waals surface area contributed by atoms with E-state index < -0.39 is 10.0 Å². The molecule has 0 saturated heterocycles. The summed E-state index contributed by atoms with van der Waals surface area (Å²) in [6, 6.07) is 16.7. The quantitative estimate of drug-likeness (QED) is 0.633. The molecule has 0 radical (unpaired) electrons. The summed E-state index contributed by atoms with van der Waals surface area (Å²) in [7, 11) is -3.73. The number of aromatic nitrogens is 2. The molecule has 1 aromatic heterocycles. The maximum Gasteiger partial charge on any atom is 0.263 e. The summed E-state index contributed by atoms with van der Waals surface area (Å²) in [5.41, 5.74) is 2.11. The van der Waals surface area contributed by atoms with E-state index in [1.807, 2.05) is 13.0 Å². The van der Waals surface area contributed by atoms with Crippen molar-refractivity contribution in [3.63, 3.8) is 0 Å². The molecule has 0 saturated carbocycles. The first kappa shape index (κ1) is 18.5. The largest absolute Gasteiger partial charge is 0.339 e. The number of hydrogen-bond acceptors (Lipinski definition) is 6. The highest BCUT2D eigenvalue weighted by Crippen LogP contribution is 2.19. The summed E-state index contributed by atoms with van der Waals surface area (Å²) in [5, 5.41) is 10.9. The molecule has 138 valence electrons. The van der Waals surface area contributed by atoms with Crippen molar-refractivity contribution in [2.45, 2.75) is 18.7 Å². The molecule has 0 fully saturated rings. The molecule has 0 bridgehead atoms. The Morgan fingerprint density at radius 3 is 2.30 bits per heavy atom. The van der Waals surface area contributed by atoms with Crippen LogP contribution in [0.1, 0.15) is 22.8 Å². The van der Waals surface area contributed by atoms with Crippen molar-refractivity contribution in [3.05, 3.63) is 71.8 Å². The molecule has 8 heteroatoms. The molecule has 3 rings (SSSR count). The highest BCUT2D eigenvalue weighted by molar-refractivity contribution is 7.92. The lowest BCUT2D eigenvalue weighted by molar-refractivity contribution is 0.101. The Morgan fingerprint density at radius 1 is 0.926 bits per heavy atom. The highest BCUT2D eigenvalue weighted by Gasteiger charge is 2.15. The Bertz CT molecular complexity index is 1080. The molecular formula is C19H18N4O3S. The van der Waals surface area contributed by atoms with Crippen molar-refractivity contribution >= 4 is 33.1 Å². The van der Waals surface area contributed by atoms with Crippen molar-refractivity contribution in [2.75, 3.05) is 10.0 Å². The third-order valence-corrected chi connectivity index (χ3v) is 5.10. The normalized spacial score (nSPS) is 11.0. The zero-order valence-corrected chi connectivity index (χ0v) is 15.6. The fraction of sp³-hybridized carbons (Fsp3) is 0.105. The minimum absolute atomic E-state index is 0.0364. The van der Waals surface area contributed by atoms with E-state index in [1.54, 1.807) is 42.5 Å². The van der Waals surface area contributed by atoms with Crippen LogP contribution in [0.25, 0.3) is 0 Å². The van der Waals surface area contributed by atoms with Gasteiger partial charge >= 0.3 is 0 Å². The first-order valence-corrected chi connectivity index (χ1v) is 9.63. The SMILES string of the molecule is CC(=O)c1cccc(Nc2ccc(NS(=O)(=O)c3cccc(C)c3)nn2)c1. The molecule has 2 N–H and O–H groups in total. The topological polar surface area (TPSA) is 101 Å². The summed E-state index contributed by atoms with van der Waals surface area (Å²) in [6.45, 7) is 3.31. The van der Waals surface area contributed by atoms with Gasteiger partial charge in [-0.1, -0.05) is 24.3 Å². The number of Topliss-reactive ketones (excluding diaryl/α,β-unsaturated/α-hetero) is 1. The molecule has 1 heterocycles. The van der Waals surface area contributed by atoms with Crippen LogP contribution in [0, 0.1) is 6.92 Å². The summed E-state index contributed by atoms with van der Waals surface area (Å²) in [5.74, 6) is 0.499. The number of hydrogen-bond donors (Lipinski definition) is 2. The first-order valence-electron chi connectivity index (χ1n) is 8.15. The lowest BCUT2D eigenvalue weighted by Crippen LogP contribution is -2.14. The minimum Gasteiger partial charge on any atom is -0.339 e. The van der Waals surface area contributed by atoms with Crippen LogP contribution in [-0.2, 0) is 10.0 Å². The van der Waals surface area contributed by atoms with Gasteiger partial charge in [0.1, 0.15) is 0 Å². The molecular weight excluding hydrogens is 364 g/mol. The number of nitrogens with zero attached hydrogens (tertiary/aromatic N) is 2. The number of ketones is 1. The van der Waals surface area contributed by atoms with E-state index in [0.717, 1.165) is 5.56 Å². The standard InChI is InChI=1S/C19H18N4O3S/c1-13-5-3-8-17(11-13)27(25,26)23-19-10-9-18(21-22-19)20-16-7-4-6-15(12-16)14(2)24/h3-12H,1-2H3,(H,20,21)(H,22,23). The number of carbonyl (C=O) groups is 1. The van der Waals surface area contributed by atoms with Crippen LogP contribution in [0.4, 0.5) is 17.3 Å². The molecule has 0 unspecified atom stereocenters. The second kappa shape index (κ2) is 7.55. The molecule has 7 nitrogen and oxygen atoms in total. The minimum atomic E-state index is -3.73. The third-order valence-electron chi connectivity index (χ3n) is 3.74. The molecule has 2 aromatic carbocycles. The van der Waals surface area contributed by atoms with Crippen LogP contribution in [0.2, 0.25) is 0 Å². The molecule has 0 aliphatic heterocycles. The molecule has 0 aliphatic rings. The fourth-order valence-electron chi connectivity index (χ4n) is 2.40. The van der Waals surface area contributed by atoms with Gasteiger partial charge in [0.2, 0.25) is 0 Å². The lowest BCUT2D eigenvalue weighted by Gasteiger charge is -2.09. The van der Waals surface area contributed by atoms with E-state index in [1.165, 1.54) is 19.1 Å². The van der Waals surface area contributed by atoms with Crippen molar-refractivity contribution in [1.82, 2.24) is 10.2 Å². The molecule has 0 amide bonds. The van der Waals surface area contributed by atoms with Crippen molar-refractivity contribution < 1.29 is 13.2 Å². The zero-order valence-electron chi connectivity index (χ0n) is 14.8. The maximum absolute atomic E-state index is 12.4. The van der Waals surface area contributed by atoms with E-state index in [0.29, 0.717) is 17.1 Å². The predicted molar refractivity (Wildman–Crippen MR) is 104 cm³/mol. The van der Waals surface area contributed by atoms with Crippen molar-refractivity contribution in [1.29, 1.82) is 0 Å². The van der Waals surface area contributed by atoms with Gasteiger partial charge < -0.3 is 5.32 Å². The Labute approximate surface area is 157 Å². The number of anilines is 3. The summed E-state index contributed by atoms with van der Waals surface area (Å²) >= 11 is 0. The van der Waals surface area contributed by atoms with Gasteiger partial charge in [-0.25, -0.2) is 8.42 Å². The van der Waals surface area contributed by atoms with Crippen LogP contribution in [0.5, 0.6) is 0 Å². The number of sulfonamides is 1. The highest BCUT2D eigenvalue weighted by atomic mass is 32.2. The van der Waals surface area contributed by atoms with E-state index >= 15 is 0 Å². The Balaban J connectivity index is 1.74.